The van der Waals surface area contributed by atoms with Crippen molar-refractivity contribution in [1.29, 1.82) is 0 Å². The Morgan fingerprint density at radius 2 is 2.00 bits per heavy atom. The second-order valence-corrected chi connectivity index (χ2v) is 4.93. The van der Waals surface area contributed by atoms with Crippen LogP contribution in [0.15, 0.2) is 0 Å². The van der Waals surface area contributed by atoms with E-state index in [1.807, 2.05) is 0 Å². The van der Waals surface area contributed by atoms with E-state index in [9.17, 15) is 0 Å². The van der Waals surface area contributed by atoms with Crippen molar-refractivity contribution < 1.29 is 0 Å². The molecule has 0 saturated carbocycles. The van der Waals surface area contributed by atoms with Crippen LogP contribution in [0, 0.1) is 0 Å². The predicted octanol–water partition coefficient (Wildman–Crippen LogP) is 1.45. The highest BCUT2D eigenvalue weighted by Gasteiger charge is 2.15. The fraction of sp³-hybridized carbons (Fsp3) is 1.00. The zero-order valence-electron chi connectivity index (χ0n) is 11.3. The molecule has 3 nitrogen and oxygen atoms in total. The molecule has 0 aromatic rings. The lowest BCUT2D eigenvalue weighted by molar-refractivity contribution is 0.257. The van der Waals surface area contributed by atoms with Crippen molar-refractivity contribution in [3.05, 3.63) is 0 Å². The summed E-state index contributed by atoms with van der Waals surface area (Å²) in [6.45, 7) is 12.7. The Kier molecular flexibility index (Phi) is 7.01. The number of rotatable bonds is 6. The standard InChI is InChI=1S/C13H29N3/c1-4-16(5-2)11-12(3)15-13-7-6-9-14-10-8-13/h12-15H,4-11H2,1-3H3. The Morgan fingerprint density at radius 1 is 1.25 bits per heavy atom. The Balaban J connectivity index is 2.23. The van der Waals surface area contributed by atoms with E-state index >= 15 is 0 Å². The first kappa shape index (κ1) is 13.9. The molecule has 0 amide bonds. The van der Waals surface area contributed by atoms with Gasteiger partial charge in [0.2, 0.25) is 0 Å². The van der Waals surface area contributed by atoms with Gasteiger partial charge < -0.3 is 15.5 Å². The smallest absolute Gasteiger partial charge is 0.0169 e. The predicted molar refractivity (Wildman–Crippen MR) is 70.9 cm³/mol. The monoisotopic (exact) mass is 227 g/mol. The third kappa shape index (κ3) is 5.28. The molecule has 0 aromatic heterocycles. The third-order valence-corrected chi connectivity index (χ3v) is 3.52. The molecule has 1 aliphatic heterocycles. The van der Waals surface area contributed by atoms with E-state index in [4.69, 9.17) is 0 Å². The summed E-state index contributed by atoms with van der Waals surface area (Å²) in [5.74, 6) is 0. The fourth-order valence-corrected chi connectivity index (χ4v) is 2.51. The maximum Gasteiger partial charge on any atom is 0.0169 e. The zero-order chi connectivity index (χ0) is 11.8. The van der Waals surface area contributed by atoms with E-state index in [0.717, 1.165) is 19.1 Å². The summed E-state index contributed by atoms with van der Waals surface area (Å²) >= 11 is 0. The van der Waals surface area contributed by atoms with Gasteiger partial charge in [0.15, 0.2) is 0 Å². The van der Waals surface area contributed by atoms with Gasteiger partial charge in [0.1, 0.15) is 0 Å². The van der Waals surface area contributed by atoms with Gasteiger partial charge >= 0.3 is 0 Å². The van der Waals surface area contributed by atoms with Gasteiger partial charge in [-0.3, -0.25) is 0 Å². The molecule has 16 heavy (non-hydrogen) atoms. The first-order chi connectivity index (χ1) is 7.76. The van der Waals surface area contributed by atoms with Crippen LogP contribution in [0.3, 0.4) is 0 Å². The minimum absolute atomic E-state index is 0.614. The first-order valence-corrected chi connectivity index (χ1v) is 6.95. The van der Waals surface area contributed by atoms with Crippen molar-refractivity contribution in [2.75, 3.05) is 32.7 Å². The van der Waals surface area contributed by atoms with Crippen molar-refractivity contribution in [3.63, 3.8) is 0 Å². The molecule has 0 radical (unpaired) electrons. The van der Waals surface area contributed by atoms with Crippen molar-refractivity contribution in [1.82, 2.24) is 15.5 Å². The molecular formula is C13H29N3. The summed E-state index contributed by atoms with van der Waals surface area (Å²) in [5, 5.41) is 7.24. The minimum atomic E-state index is 0.614. The topological polar surface area (TPSA) is 27.3 Å². The second-order valence-electron chi connectivity index (χ2n) is 4.93. The lowest BCUT2D eigenvalue weighted by Gasteiger charge is -2.27. The summed E-state index contributed by atoms with van der Waals surface area (Å²) in [6, 6.07) is 1.34. The van der Waals surface area contributed by atoms with E-state index in [1.54, 1.807) is 0 Å². The van der Waals surface area contributed by atoms with Crippen LogP contribution < -0.4 is 10.6 Å². The van der Waals surface area contributed by atoms with Gasteiger partial charge in [0, 0.05) is 18.6 Å². The molecule has 0 aliphatic carbocycles. The van der Waals surface area contributed by atoms with Crippen LogP contribution >= 0.6 is 0 Å². The minimum Gasteiger partial charge on any atom is -0.317 e. The molecule has 0 aromatic carbocycles. The molecule has 1 heterocycles. The molecule has 1 aliphatic rings. The maximum absolute atomic E-state index is 3.78. The molecular weight excluding hydrogens is 198 g/mol. The zero-order valence-corrected chi connectivity index (χ0v) is 11.3. The molecule has 1 fully saturated rings. The number of hydrogen-bond donors (Lipinski definition) is 2. The molecule has 1 rings (SSSR count). The Bertz CT molecular complexity index is 161. The Hall–Kier alpha value is -0.120. The van der Waals surface area contributed by atoms with Gasteiger partial charge in [-0.1, -0.05) is 13.8 Å². The van der Waals surface area contributed by atoms with Crippen molar-refractivity contribution >= 4 is 0 Å². The summed E-state index contributed by atoms with van der Waals surface area (Å²) in [5.41, 5.74) is 0. The lowest BCUT2D eigenvalue weighted by Crippen LogP contribution is -2.44. The van der Waals surface area contributed by atoms with Crippen LogP contribution in [0.4, 0.5) is 0 Å². The maximum atomic E-state index is 3.78. The number of hydrogen-bond acceptors (Lipinski definition) is 3. The van der Waals surface area contributed by atoms with Crippen LogP contribution in [0.1, 0.15) is 40.0 Å². The van der Waals surface area contributed by atoms with Crippen molar-refractivity contribution in [2.45, 2.75) is 52.1 Å². The van der Waals surface area contributed by atoms with Crippen molar-refractivity contribution in [2.24, 2.45) is 0 Å². The van der Waals surface area contributed by atoms with Crippen LogP contribution in [0.2, 0.25) is 0 Å². The van der Waals surface area contributed by atoms with Crippen LogP contribution in [-0.2, 0) is 0 Å². The molecule has 2 unspecified atom stereocenters. The van der Waals surface area contributed by atoms with Crippen molar-refractivity contribution in [3.8, 4) is 0 Å². The SMILES string of the molecule is CCN(CC)CC(C)NC1CCCNCC1. The largest absolute Gasteiger partial charge is 0.317 e. The average Bonchev–Trinajstić information content (AvgIpc) is 2.54. The van der Waals surface area contributed by atoms with Crippen LogP contribution in [0.5, 0.6) is 0 Å². The average molecular weight is 227 g/mol. The molecule has 2 atom stereocenters. The van der Waals surface area contributed by atoms with E-state index in [-0.39, 0.29) is 0 Å². The highest BCUT2D eigenvalue weighted by Crippen LogP contribution is 2.06. The van der Waals surface area contributed by atoms with Gasteiger partial charge in [-0.05, 0) is 52.4 Å². The fourth-order valence-electron chi connectivity index (χ4n) is 2.51. The number of nitrogens with one attached hydrogen (secondary N) is 2. The summed E-state index contributed by atoms with van der Waals surface area (Å²) in [4.78, 5) is 2.49. The van der Waals surface area contributed by atoms with Gasteiger partial charge in [0.05, 0.1) is 0 Å². The van der Waals surface area contributed by atoms with Gasteiger partial charge in [-0.15, -0.1) is 0 Å². The highest BCUT2D eigenvalue weighted by atomic mass is 15.1. The van der Waals surface area contributed by atoms with E-state index < -0.39 is 0 Å². The van der Waals surface area contributed by atoms with Crippen LogP contribution in [0.25, 0.3) is 0 Å². The third-order valence-electron chi connectivity index (χ3n) is 3.52. The summed E-state index contributed by atoms with van der Waals surface area (Å²) < 4.78 is 0. The summed E-state index contributed by atoms with van der Waals surface area (Å²) in [7, 11) is 0. The lowest BCUT2D eigenvalue weighted by atomic mass is 10.1. The first-order valence-electron chi connectivity index (χ1n) is 6.95. The normalized spacial score (nSPS) is 24.4. The van der Waals surface area contributed by atoms with Gasteiger partial charge in [0.25, 0.3) is 0 Å². The quantitative estimate of drug-likeness (QED) is 0.719. The Morgan fingerprint density at radius 3 is 2.69 bits per heavy atom. The molecule has 0 spiro atoms. The summed E-state index contributed by atoms with van der Waals surface area (Å²) in [6.07, 6.45) is 3.92. The highest BCUT2D eigenvalue weighted by molar-refractivity contribution is 4.77. The van der Waals surface area contributed by atoms with E-state index in [2.05, 4.69) is 36.3 Å². The van der Waals surface area contributed by atoms with Gasteiger partial charge in [-0.25, -0.2) is 0 Å². The van der Waals surface area contributed by atoms with Gasteiger partial charge in [-0.2, -0.15) is 0 Å². The van der Waals surface area contributed by atoms with E-state index in [1.165, 1.54) is 38.9 Å². The molecule has 0 bridgehead atoms. The number of nitrogens with zero attached hydrogens (tertiary/aromatic N) is 1. The number of likely N-dealkylation sites (N-methyl/N-ethyl adjacent to an activating group) is 1. The van der Waals surface area contributed by atoms with Crippen LogP contribution in [-0.4, -0.2) is 49.7 Å². The second kappa shape index (κ2) is 8.04. The Labute approximate surface area is 101 Å². The molecule has 3 heteroatoms. The molecule has 1 saturated heterocycles. The molecule has 96 valence electrons. The van der Waals surface area contributed by atoms with E-state index in [0.29, 0.717) is 6.04 Å². The molecule has 2 N–H and O–H groups in total.